The standard InChI is InChI=1S/C43H73N5O10/c1-29(32-7-8-33-40-34(11-13-43(32,33)3)42(2)12-10-31(50)25-30(42)26-36(40)51)6-9-37(52)44-14-4-5-35(41(57)58)48-21-19-45(23-24-49)15-16-46(27-38(53)54)17-18-47(20-22-48)28-39(55)56/h24,29-36,40,50-51H,4-23,25-28H2,1-3H3,(H,44,52)(H,53,54)(H,55,56)(H,57,58)/p-2/t29-,30-,31?,32-,33?,34-,35?,36?,40-,42-,43+/m1/s1. The monoisotopic (exact) mass is 818 g/mol. The maximum absolute atomic E-state index is 13.1. The van der Waals surface area contributed by atoms with Gasteiger partial charge in [-0.25, -0.2) is 0 Å². The highest BCUT2D eigenvalue weighted by Crippen LogP contribution is 2.68. The summed E-state index contributed by atoms with van der Waals surface area (Å²) in [5.41, 5.74) is 0.321. The molecule has 15 heteroatoms. The molecule has 330 valence electrons. The normalized spacial score (nSPS) is 35.6. The number of nitrogens with zero attached hydrogens (tertiary/aromatic N) is 4. The van der Waals surface area contributed by atoms with Gasteiger partial charge in [-0.3, -0.25) is 29.2 Å². The molecule has 0 radical (unpaired) electrons. The minimum Gasteiger partial charge on any atom is -0.549 e. The van der Waals surface area contributed by atoms with Gasteiger partial charge in [-0.05, 0) is 117 Å². The number of fused-ring (bicyclic) bond motifs is 5. The Morgan fingerprint density at radius 1 is 0.793 bits per heavy atom. The zero-order chi connectivity index (χ0) is 42.2. The number of amides is 1. The highest BCUT2D eigenvalue weighted by atomic mass is 16.4. The lowest BCUT2D eigenvalue weighted by atomic mass is 9.43. The van der Waals surface area contributed by atoms with Crippen molar-refractivity contribution in [2.24, 2.45) is 46.3 Å². The number of carbonyl (C=O) groups is 5. The summed E-state index contributed by atoms with van der Waals surface area (Å²) in [6, 6.07) is -0.899. The van der Waals surface area contributed by atoms with Gasteiger partial charge in [0.15, 0.2) is 0 Å². The number of nitrogens with one attached hydrogen (secondary N) is 1. The lowest BCUT2D eigenvalue weighted by Gasteiger charge is -2.62. The zero-order valence-corrected chi connectivity index (χ0v) is 35.2. The van der Waals surface area contributed by atoms with Gasteiger partial charge >= 0.3 is 5.97 Å². The van der Waals surface area contributed by atoms with Crippen LogP contribution in [0.5, 0.6) is 0 Å². The minimum atomic E-state index is -1.29. The third kappa shape index (κ3) is 11.4. The van der Waals surface area contributed by atoms with Gasteiger partial charge in [0, 0.05) is 78.4 Å². The molecule has 1 heterocycles. The topological polar surface area (TPSA) is 217 Å². The summed E-state index contributed by atoms with van der Waals surface area (Å²) in [6.45, 7) is 9.09. The van der Waals surface area contributed by atoms with Gasteiger partial charge in [0.1, 0.15) is 12.3 Å². The number of aldehydes is 1. The van der Waals surface area contributed by atoms with Crippen molar-refractivity contribution in [3.05, 3.63) is 0 Å². The summed E-state index contributed by atoms with van der Waals surface area (Å²) in [6.07, 6.45) is 10.1. The van der Waals surface area contributed by atoms with E-state index in [1.165, 1.54) is 0 Å². The number of aliphatic hydroxyl groups excluding tert-OH is 2. The fourth-order valence-corrected chi connectivity index (χ4v) is 12.6. The number of carbonyl (C=O) groups excluding carboxylic acids is 4. The molecule has 1 saturated heterocycles. The Balaban J connectivity index is 1.11. The van der Waals surface area contributed by atoms with Crippen LogP contribution in [0.25, 0.3) is 0 Å². The zero-order valence-electron chi connectivity index (χ0n) is 35.2. The second kappa shape index (κ2) is 20.7. The van der Waals surface area contributed by atoms with Crippen molar-refractivity contribution in [3.63, 3.8) is 0 Å². The molecule has 0 aromatic rings. The van der Waals surface area contributed by atoms with Crippen LogP contribution in [0.15, 0.2) is 0 Å². The predicted molar refractivity (Wildman–Crippen MR) is 212 cm³/mol. The maximum Gasteiger partial charge on any atom is 0.320 e. The first kappa shape index (κ1) is 46.4. The maximum atomic E-state index is 13.1. The summed E-state index contributed by atoms with van der Waals surface area (Å²) in [5.74, 6) is -1.12. The van der Waals surface area contributed by atoms with E-state index in [0.29, 0.717) is 81.1 Å². The van der Waals surface area contributed by atoms with Crippen LogP contribution in [0.4, 0.5) is 0 Å². The Kier molecular flexibility index (Phi) is 16.6. The van der Waals surface area contributed by atoms with Crippen molar-refractivity contribution in [3.8, 4) is 0 Å². The minimum absolute atomic E-state index is 0.0512. The van der Waals surface area contributed by atoms with Gasteiger partial charge in [0.05, 0.1) is 30.7 Å². The van der Waals surface area contributed by atoms with Crippen LogP contribution in [0.3, 0.4) is 0 Å². The molecule has 0 bridgehead atoms. The molecule has 0 aromatic carbocycles. The third-order valence-corrected chi connectivity index (χ3v) is 15.9. The summed E-state index contributed by atoms with van der Waals surface area (Å²) < 4.78 is 0. The van der Waals surface area contributed by atoms with Gasteiger partial charge in [-0.1, -0.05) is 20.8 Å². The van der Waals surface area contributed by atoms with Gasteiger partial charge in [0.2, 0.25) is 5.91 Å². The Morgan fingerprint density at radius 2 is 1.38 bits per heavy atom. The summed E-state index contributed by atoms with van der Waals surface area (Å²) in [5, 5.41) is 58.2. The predicted octanol–water partition coefficient (Wildman–Crippen LogP) is -0.337. The smallest absolute Gasteiger partial charge is 0.320 e. The molecule has 5 fully saturated rings. The third-order valence-electron chi connectivity index (χ3n) is 15.9. The van der Waals surface area contributed by atoms with E-state index in [9.17, 15) is 49.5 Å². The molecule has 5 rings (SSSR count). The first-order chi connectivity index (χ1) is 27.5. The van der Waals surface area contributed by atoms with Gasteiger partial charge in [-0.15, -0.1) is 0 Å². The van der Waals surface area contributed by atoms with Crippen LogP contribution in [-0.2, 0) is 24.0 Å². The number of aliphatic hydroxyl groups is 2. The molecule has 1 amide bonds. The number of carboxylic acids is 3. The van der Waals surface area contributed by atoms with Gasteiger partial charge in [0.25, 0.3) is 0 Å². The number of hydrogen-bond donors (Lipinski definition) is 4. The van der Waals surface area contributed by atoms with Crippen LogP contribution in [0, 0.1) is 46.3 Å². The fourth-order valence-electron chi connectivity index (χ4n) is 12.6. The Bertz CT molecular complexity index is 1420. The highest BCUT2D eigenvalue weighted by molar-refractivity contribution is 5.76. The lowest BCUT2D eigenvalue weighted by molar-refractivity contribution is -0.308. The number of rotatable bonds is 16. The van der Waals surface area contributed by atoms with E-state index >= 15 is 0 Å². The second-order valence-corrected chi connectivity index (χ2v) is 19.1. The second-order valence-electron chi connectivity index (χ2n) is 19.1. The first-order valence-corrected chi connectivity index (χ1v) is 22.2. The van der Waals surface area contributed by atoms with E-state index in [4.69, 9.17) is 0 Å². The van der Waals surface area contributed by atoms with E-state index < -0.39 is 23.9 Å². The first-order valence-electron chi connectivity index (χ1n) is 22.2. The van der Waals surface area contributed by atoms with E-state index in [2.05, 4.69) is 26.1 Å². The molecule has 4 aliphatic carbocycles. The van der Waals surface area contributed by atoms with Crippen molar-refractivity contribution >= 4 is 30.1 Å². The van der Waals surface area contributed by atoms with Crippen LogP contribution >= 0.6 is 0 Å². The molecular weight excluding hydrogens is 746 g/mol. The quantitative estimate of drug-likeness (QED) is 0.116. The van der Waals surface area contributed by atoms with E-state index in [1.807, 2.05) is 4.90 Å². The molecule has 1 aliphatic heterocycles. The molecule has 11 atom stereocenters. The number of hydrogen-bond acceptors (Lipinski definition) is 13. The SMILES string of the molecule is C[C@H](CCC(=O)NCCCC(C(=O)O)N1CCN(CC=O)CCN(CC(=O)[O-])CCN(CC(=O)[O-])CC1)[C@H]1CCC2[C@H]3C(O)C[C@H]4CC(O)CC[C@@]4(C)[C@@H]3CC[C@]21C. The summed E-state index contributed by atoms with van der Waals surface area (Å²) >= 11 is 0. The van der Waals surface area contributed by atoms with Gasteiger partial charge in [-0.2, -0.15) is 0 Å². The molecule has 15 nitrogen and oxygen atoms in total. The number of aliphatic carboxylic acids is 3. The van der Waals surface area contributed by atoms with E-state index in [-0.39, 0.29) is 81.2 Å². The van der Waals surface area contributed by atoms with E-state index in [1.54, 1.807) is 14.7 Å². The summed E-state index contributed by atoms with van der Waals surface area (Å²) in [7, 11) is 0. The molecule has 4 N–H and O–H groups in total. The Morgan fingerprint density at radius 3 is 2.00 bits per heavy atom. The molecule has 5 aliphatic rings. The lowest BCUT2D eigenvalue weighted by Crippen LogP contribution is -2.58. The van der Waals surface area contributed by atoms with Gasteiger partial charge < -0.3 is 45.2 Å². The van der Waals surface area contributed by atoms with Crippen molar-refractivity contribution in [2.45, 2.75) is 116 Å². The van der Waals surface area contributed by atoms with Crippen molar-refractivity contribution in [1.29, 1.82) is 0 Å². The molecule has 4 saturated carbocycles. The van der Waals surface area contributed by atoms with Crippen molar-refractivity contribution < 1.29 is 49.5 Å². The molecule has 4 unspecified atom stereocenters. The molecular formula is C43H71N5O10-2. The van der Waals surface area contributed by atoms with Crippen molar-refractivity contribution in [2.75, 3.05) is 78.5 Å². The fraction of sp³-hybridized carbons (Fsp3) is 0.884. The molecule has 0 aromatic heterocycles. The summed E-state index contributed by atoms with van der Waals surface area (Å²) in [4.78, 5) is 67.0. The van der Waals surface area contributed by atoms with Crippen LogP contribution < -0.4 is 15.5 Å². The highest BCUT2D eigenvalue weighted by Gasteiger charge is 2.62. The molecule has 58 heavy (non-hydrogen) atoms. The van der Waals surface area contributed by atoms with Crippen molar-refractivity contribution in [1.82, 2.24) is 24.9 Å². The average Bonchev–Trinajstić information content (AvgIpc) is 3.51. The van der Waals surface area contributed by atoms with Crippen LogP contribution in [-0.4, -0.2) is 162 Å². The largest absolute Gasteiger partial charge is 0.549 e. The van der Waals surface area contributed by atoms with Crippen LogP contribution in [0.2, 0.25) is 0 Å². The molecule has 0 spiro atoms. The Hall–Kier alpha value is -2.69. The Labute approximate surface area is 344 Å². The van der Waals surface area contributed by atoms with Crippen LogP contribution in [0.1, 0.15) is 97.8 Å². The van der Waals surface area contributed by atoms with E-state index in [0.717, 1.165) is 64.1 Å². The average molecular weight is 818 g/mol. The number of carboxylic acid groups (broad SMARTS) is 3.